The van der Waals surface area contributed by atoms with Crippen LogP contribution in [0.3, 0.4) is 0 Å². The number of aryl methyl sites for hydroxylation is 1. The molecule has 0 amide bonds. The largest absolute Gasteiger partial charge is 0.476 e. The molecule has 0 spiro atoms. The lowest BCUT2D eigenvalue weighted by Gasteiger charge is -1.95. The van der Waals surface area contributed by atoms with Crippen LogP contribution in [0.1, 0.15) is 16.2 Å². The first-order valence-electron chi connectivity index (χ1n) is 4.67. The van der Waals surface area contributed by atoms with Gasteiger partial charge in [-0.25, -0.2) is 9.42 Å². The van der Waals surface area contributed by atoms with Crippen LogP contribution in [0.15, 0.2) is 21.5 Å². The number of carbonyl (C=O) groups is 1. The van der Waals surface area contributed by atoms with Crippen LogP contribution in [-0.4, -0.2) is 30.8 Å². The summed E-state index contributed by atoms with van der Waals surface area (Å²) in [7, 11) is 0. The normalized spacial score (nSPS) is 11.1. The Morgan fingerprint density at radius 1 is 1.47 bits per heavy atom. The van der Waals surface area contributed by atoms with Crippen molar-refractivity contribution >= 4 is 11.8 Å². The molecule has 0 aromatic carbocycles. The Hall–Kier alpha value is -2.64. The van der Waals surface area contributed by atoms with Crippen LogP contribution in [0.4, 0.5) is 0 Å². The lowest BCUT2D eigenvalue weighted by atomic mass is 10.2. The van der Waals surface area contributed by atoms with Gasteiger partial charge in [0.05, 0.1) is 5.69 Å². The highest BCUT2D eigenvalue weighted by molar-refractivity contribution is 5.92. The van der Waals surface area contributed by atoms with E-state index in [-0.39, 0.29) is 11.4 Å². The molecule has 0 aliphatic heterocycles. The molecule has 0 fully saturated rings. The fourth-order valence-corrected chi connectivity index (χ4v) is 1.66. The third kappa shape index (κ3) is 1.24. The van der Waals surface area contributed by atoms with Crippen LogP contribution >= 0.6 is 0 Å². The molecule has 0 aliphatic rings. The van der Waals surface area contributed by atoms with Crippen LogP contribution in [0.2, 0.25) is 0 Å². The van der Waals surface area contributed by atoms with Crippen LogP contribution < -0.4 is 0 Å². The molecule has 17 heavy (non-hydrogen) atoms. The third-order valence-corrected chi connectivity index (χ3v) is 2.35. The van der Waals surface area contributed by atoms with Gasteiger partial charge in [-0.15, -0.1) is 0 Å². The maximum atomic E-state index is 10.9. The zero-order chi connectivity index (χ0) is 12.0. The molecule has 3 aromatic rings. The van der Waals surface area contributed by atoms with Crippen molar-refractivity contribution in [3.8, 4) is 11.4 Å². The Morgan fingerprint density at radius 2 is 2.29 bits per heavy atom. The molecule has 8 nitrogen and oxygen atoms in total. The second-order valence-corrected chi connectivity index (χ2v) is 3.37. The first kappa shape index (κ1) is 9.58. The monoisotopic (exact) mass is 234 g/mol. The van der Waals surface area contributed by atoms with Gasteiger partial charge in [0.25, 0.3) is 0 Å². The van der Waals surface area contributed by atoms with Crippen molar-refractivity contribution in [3.05, 3.63) is 23.8 Å². The minimum absolute atomic E-state index is 0.129. The van der Waals surface area contributed by atoms with Crippen molar-refractivity contribution in [1.29, 1.82) is 0 Å². The van der Waals surface area contributed by atoms with Gasteiger partial charge in [0.1, 0.15) is 12.0 Å². The van der Waals surface area contributed by atoms with Gasteiger partial charge >= 0.3 is 11.8 Å². The highest BCUT2D eigenvalue weighted by Gasteiger charge is 2.24. The SMILES string of the molecule is Cc1nc2occn2c1-c1nonc1C(=O)O. The number of carboxylic acid groups (broad SMARTS) is 1. The third-order valence-electron chi connectivity index (χ3n) is 2.35. The molecule has 0 saturated heterocycles. The Kier molecular flexibility index (Phi) is 1.79. The van der Waals surface area contributed by atoms with Crippen molar-refractivity contribution < 1.29 is 18.9 Å². The molecule has 1 N–H and O–H groups in total. The molecule has 3 aromatic heterocycles. The molecular formula is C9H6N4O4. The zero-order valence-electron chi connectivity index (χ0n) is 8.62. The summed E-state index contributed by atoms with van der Waals surface area (Å²) in [5.74, 6) is -0.851. The van der Waals surface area contributed by atoms with Gasteiger partial charge in [0, 0.05) is 6.20 Å². The number of hydrogen-bond donors (Lipinski definition) is 1. The molecule has 3 heterocycles. The van der Waals surface area contributed by atoms with Gasteiger partial charge in [-0.2, -0.15) is 4.98 Å². The maximum absolute atomic E-state index is 10.9. The van der Waals surface area contributed by atoms with Gasteiger partial charge in [0.15, 0.2) is 5.69 Å². The first-order valence-corrected chi connectivity index (χ1v) is 4.67. The van der Waals surface area contributed by atoms with Crippen molar-refractivity contribution in [2.75, 3.05) is 0 Å². The molecule has 0 aliphatic carbocycles. The summed E-state index contributed by atoms with van der Waals surface area (Å²) in [6.45, 7) is 1.72. The van der Waals surface area contributed by atoms with E-state index in [1.54, 1.807) is 17.5 Å². The summed E-state index contributed by atoms with van der Waals surface area (Å²) in [4.78, 5) is 15.1. The maximum Gasteiger partial charge on any atom is 0.360 e. The van der Waals surface area contributed by atoms with E-state index in [0.717, 1.165) is 0 Å². The van der Waals surface area contributed by atoms with Gasteiger partial charge < -0.3 is 9.52 Å². The summed E-state index contributed by atoms with van der Waals surface area (Å²) in [5, 5.41) is 15.9. The van der Waals surface area contributed by atoms with E-state index >= 15 is 0 Å². The van der Waals surface area contributed by atoms with Crippen molar-refractivity contribution in [3.63, 3.8) is 0 Å². The van der Waals surface area contributed by atoms with E-state index in [2.05, 4.69) is 19.9 Å². The molecule has 0 atom stereocenters. The summed E-state index contributed by atoms with van der Waals surface area (Å²) in [5.41, 5.74) is 0.954. The standard InChI is InChI=1S/C9H6N4O4/c1-4-7(13-2-3-16-9(13)10-4)5-6(8(14)15)12-17-11-5/h2-3H,1H3,(H,14,15). The summed E-state index contributed by atoms with van der Waals surface area (Å²) in [6, 6.07) is 0. The van der Waals surface area contributed by atoms with Crippen LogP contribution in [-0.2, 0) is 0 Å². The molecule has 3 rings (SSSR count). The number of nitrogens with zero attached hydrogens (tertiary/aromatic N) is 4. The fourth-order valence-electron chi connectivity index (χ4n) is 1.66. The van der Waals surface area contributed by atoms with Crippen LogP contribution in [0, 0.1) is 6.92 Å². The average Bonchev–Trinajstić information content (AvgIpc) is 2.91. The predicted molar refractivity (Wildman–Crippen MR) is 52.4 cm³/mol. The Balaban J connectivity index is 2.33. The summed E-state index contributed by atoms with van der Waals surface area (Å²) < 4.78 is 11.1. The van der Waals surface area contributed by atoms with Crippen molar-refractivity contribution in [1.82, 2.24) is 19.7 Å². The van der Waals surface area contributed by atoms with E-state index in [4.69, 9.17) is 9.52 Å². The topological polar surface area (TPSA) is 107 Å². The molecule has 86 valence electrons. The van der Waals surface area contributed by atoms with Gasteiger partial charge in [-0.3, -0.25) is 4.40 Å². The molecular weight excluding hydrogens is 228 g/mol. The molecule has 0 radical (unpaired) electrons. The number of imidazole rings is 1. The second kappa shape index (κ2) is 3.17. The van der Waals surface area contributed by atoms with Crippen molar-refractivity contribution in [2.45, 2.75) is 6.92 Å². The quantitative estimate of drug-likeness (QED) is 0.704. The first-order chi connectivity index (χ1) is 8.18. The second-order valence-electron chi connectivity index (χ2n) is 3.37. The average molecular weight is 234 g/mol. The van der Waals surface area contributed by atoms with E-state index in [1.165, 1.54) is 6.26 Å². The number of carboxylic acids is 1. The Morgan fingerprint density at radius 3 is 3.06 bits per heavy atom. The van der Waals surface area contributed by atoms with Gasteiger partial charge in [0.2, 0.25) is 5.69 Å². The predicted octanol–water partition coefficient (Wildman–Crippen LogP) is 0.984. The Bertz CT molecular complexity index is 708. The molecule has 0 unspecified atom stereocenters. The van der Waals surface area contributed by atoms with E-state index in [9.17, 15) is 4.79 Å². The fraction of sp³-hybridized carbons (Fsp3) is 0.111. The number of aromatic nitrogens is 4. The van der Waals surface area contributed by atoms with Gasteiger partial charge in [-0.05, 0) is 17.2 Å². The summed E-state index contributed by atoms with van der Waals surface area (Å²) >= 11 is 0. The number of rotatable bonds is 2. The molecule has 8 heteroatoms. The molecule has 0 bridgehead atoms. The highest BCUT2D eigenvalue weighted by Crippen LogP contribution is 2.25. The number of aromatic carboxylic acids is 1. The van der Waals surface area contributed by atoms with Gasteiger partial charge in [-0.1, -0.05) is 0 Å². The minimum atomic E-state index is -1.21. The smallest absolute Gasteiger partial charge is 0.360 e. The lowest BCUT2D eigenvalue weighted by Crippen LogP contribution is -2.00. The van der Waals surface area contributed by atoms with E-state index in [0.29, 0.717) is 17.2 Å². The van der Waals surface area contributed by atoms with E-state index in [1.807, 2.05) is 0 Å². The number of oxazole rings is 1. The summed E-state index contributed by atoms with van der Waals surface area (Å²) in [6.07, 6.45) is 3.06. The Labute approximate surface area is 93.4 Å². The number of hydrogen-bond acceptors (Lipinski definition) is 6. The minimum Gasteiger partial charge on any atom is -0.476 e. The lowest BCUT2D eigenvalue weighted by molar-refractivity contribution is 0.0685. The highest BCUT2D eigenvalue weighted by atomic mass is 16.6. The molecule has 0 saturated carbocycles. The van der Waals surface area contributed by atoms with Crippen molar-refractivity contribution in [2.24, 2.45) is 0 Å². The van der Waals surface area contributed by atoms with E-state index < -0.39 is 5.97 Å². The van der Waals surface area contributed by atoms with Crippen LogP contribution in [0.25, 0.3) is 17.2 Å². The van der Waals surface area contributed by atoms with Crippen LogP contribution in [0.5, 0.6) is 0 Å². The zero-order valence-corrected chi connectivity index (χ0v) is 8.62. The number of fused-ring (bicyclic) bond motifs is 1.